The van der Waals surface area contributed by atoms with Crippen LogP contribution in [0, 0.1) is 0 Å². The second-order valence-electron chi connectivity index (χ2n) is 7.69. The lowest BCUT2D eigenvalue weighted by Gasteiger charge is -2.30. The molecule has 0 atom stereocenters. The number of phenolic OH excluding ortho intramolecular Hbond substituents is 1. The maximum atomic E-state index is 9.43. The lowest BCUT2D eigenvalue weighted by atomic mass is 10.1. The van der Waals surface area contributed by atoms with Gasteiger partial charge in [-0.1, -0.05) is 0 Å². The summed E-state index contributed by atoms with van der Waals surface area (Å²) in [5.41, 5.74) is 0.899. The molecule has 29 heavy (non-hydrogen) atoms. The van der Waals surface area contributed by atoms with E-state index in [1.165, 1.54) is 38.5 Å². The van der Waals surface area contributed by atoms with Gasteiger partial charge >= 0.3 is 0 Å². The van der Waals surface area contributed by atoms with E-state index in [4.69, 9.17) is 15.0 Å². The fourth-order valence-corrected chi connectivity index (χ4v) is 3.72. The van der Waals surface area contributed by atoms with Crippen LogP contribution in [0.15, 0.2) is 29.4 Å². The number of piperidine rings is 2. The average molecular weight is 396 g/mol. The maximum Gasteiger partial charge on any atom is 0.252 e. The number of benzene rings is 1. The Kier molecular flexibility index (Phi) is 6.07. The van der Waals surface area contributed by atoms with Crippen LogP contribution in [0.1, 0.15) is 44.1 Å². The second-order valence-corrected chi connectivity index (χ2v) is 7.69. The second kappa shape index (κ2) is 9.07. The van der Waals surface area contributed by atoms with Crippen molar-refractivity contribution in [3.05, 3.63) is 29.8 Å². The van der Waals surface area contributed by atoms with Gasteiger partial charge in [0.2, 0.25) is 11.9 Å². The highest BCUT2D eigenvalue weighted by Crippen LogP contribution is 2.23. The molecule has 0 amide bonds. The fraction of sp³-hybridized carbons (Fsp3) is 0.524. The molecule has 2 aliphatic heterocycles. The molecule has 0 unspecified atom stereocenters. The van der Waals surface area contributed by atoms with Gasteiger partial charge in [-0.3, -0.25) is 0 Å². The summed E-state index contributed by atoms with van der Waals surface area (Å²) in [5.74, 6) is 2.30. The Labute approximate surface area is 171 Å². The van der Waals surface area contributed by atoms with E-state index in [1.54, 1.807) is 23.4 Å². The average Bonchev–Trinajstić information content (AvgIpc) is 2.79. The first kappa shape index (κ1) is 19.4. The third-order valence-corrected chi connectivity index (χ3v) is 5.44. The van der Waals surface area contributed by atoms with Gasteiger partial charge in [-0.15, -0.1) is 0 Å². The lowest BCUT2D eigenvalue weighted by molar-refractivity contribution is 0.475. The topological polar surface area (TPSA) is 81.0 Å². The molecule has 1 aromatic heterocycles. The van der Waals surface area contributed by atoms with Crippen molar-refractivity contribution in [1.82, 2.24) is 15.0 Å². The van der Waals surface area contributed by atoms with Gasteiger partial charge in [0.25, 0.3) is 5.95 Å². The van der Waals surface area contributed by atoms with Gasteiger partial charge in [0.15, 0.2) is 0 Å². The van der Waals surface area contributed by atoms with Gasteiger partial charge in [-0.05, 0) is 68.4 Å². The molecule has 0 radical (unpaired) electrons. The van der Waals surface area contributed by atoms with Crippen LogP contribution in [0.25, 0.3) is 0 Å². The summed E-state index contributed by atoms with van der Waals surface area (Å²) >= 11 is 0. The Hall–Kier alpha value is -2.90. The molecule has 0 bridgehead atoms. The van der Waals surface area contributed by atoms with Gasteiger partial charge in [0.1, 0.15) is 5.75 Å². The smallest absolute Gasteiger partial charge is 0.252 e. The molecular formula is C21H29N7O. The van der Waals surface area contributed by atoms with Crippen LogP contribution in [0.4, 0.5) is 17.8 Å². The Morgan fingerprint density at radius 2 is 1.34 bits per heavy atom. The van der Waals surface area contributed by atoms with Crippen LogP contribution in [0.3, 0.4) is 0 Å². The molecule has 8 nitrogen and oxygen atoms in total. The number of aromatic nitrogens is 3. The van der Waals surface area contributed by atoms with Crippen molar-refractivity contribution < 1.29 is 5.11 Å². The van der Waals surface area contributed by atoms with Crippen LogP contribution >= 0.6 is 0 Å². The van der Waals surface area contributed by atoms with Crippen molar-refractivity contribution in [2.24, 2.45) is 5.10 Å². The van der Waals surface area contributed by atoms with Crippen LogP contribution in [0.2, 0.25) is 0 Å². The number of nitrogens with zero attached hydrogens (tertiary/aromatic N) is 7. The first-order valence-electron chi connectivity index (χ1n) is 10.5. The van der Waals surface area contributed by atoms with E-state index in [0.717, 1.165) is 43.6 Å². The normalized spacial score (nSPS) is 17.7. The monoisotopic (exact) mass is 395 g/mol. The van der Waals surface area contributed by atoms with Crippen LogP contribution in [0.5, 0.6) is 5.75 Å². The molecule has 0 spiro atoms. The van der Waals surface area contributed by atoms with E-state index in [9.17, 15) is 5.11 Å². The highest BCUT2D eigenvalue weighted by molar-refractivity contribution is 5.80. The molecule has 2 fully saturated rings. The van der Waals surface area contributed by atoms with Gasteiger partial charge in [-0.2, -0.15) is 20.1 Å². The molecule has 1 aromatic carbocycles. The minimum Gasteiger partial charge on any atom is -0.508 e. The van der Waals surface area contributed by atoms with Crippen molar-refractivity contribution in [1.29, 1.82) is 0 Å². The first-order chi connectivity index (χ1) is 14.2. The van der Waals surface area contributed by atoms with E-state index >= 15 is 0 Å². The summed E-state index contributed by atoms with van der Waals surface area (Å²) in [7, 11) is 1.85. The molecular weight excluding hydrogens is 366 g/mol. The van der Waals surface area contributed by atoms with E-state index < -0.39 is 0 Å². The van der Waals surface area contributed by atoms with Crippen molar-refractivity contribution in [2.75, 3.05) is 48.0 Å². The molecule has 2 aromatic rings. The van der Waals surface area contributed by atoms with Crippen molar-refractivity contribution in [2.45, 2.75) is 38.5 Å². The Bertz CT molecular complexity index is 791. The zero-order valence-electron chi connectivity index (χ0n) is 17.0. The first-order valence-corrected chi connectivity index (χ1v) is 10.5. The quantitative estimate of drug-likeness (QED) is 0.615. The molecule has 3 heterocycles. The summed E-state index contributed by atoms with van der Waals surface area (Å²) in [6, 6.07) is 6.93. The lowest BCUT2D eigenvalue weighted by Crippen LogP contribution is -2.35. The number of hydrazone groups is 1. The van der Waals surface area contributed by atoms with Gasteiger partial charge in [0.05, 0.1) is 6.21 Å². The minimum absolute atomic E-state index is 0.241. The number of hydrogen-bond acceptors (Lipinski definition) is 8. The largest absolute Gasteiger partial charge is 0.508 e. The van der Waals surface area contributed by atoms with Crippen LogP contribution in [-0.2, 0) is 0 Å². The third kappa shape index (κ3) is 4.93. The molecule has 1 N–H and O–H groups in total. The zero-order chi connectivity index (χ0) is 20.1. The number of anilines is 3. The molecule has 0 saturated carbocycles. The van der Waals surface area contributed by atoms with Crippen LogP contribution in [-0.4, -0.2) is 59.5 Å². The number of phenols is 1. The summed E-state index contributed by atoms with van der Waals surface area (Å²) in [6.45, 7) is 3.96. The highest BCUT2D eigenvalue weighted by Gasteiger charge is 2.21. The summed E-state index contributed by atoms with van der Waals surface area (Å²) in [5, 5.41) is 15.6. The molecule has 8 heteroatoms. The summed E-state index contributed by atoms with van der Waals surface area (Å²) < 4.78 is 0. The zero-order valence-corrected chi connectivity index (χ0v) is 17.0. The summed E-state index contributed by atoms with van der Waals surface area (Å²) in [4.78, 5) is 18.8. The predicted octanol–water partition coefficient (Wildman–Crippen LogP) is 3.03. The number of aromatic hydroxyl groups is 1. The fourth-order valence-electron chi connectivity index (χ4n) is 3.72. The summed E-state index contributed by atoms with van der Waals surface area (Å²) in [6.07, 6.45) is 8.98. The van der Waals surface area contributed by atoms with Gasteiger partial charge < -0.3 is 14.9 Å². The van der Waals surface area contributed by atoms with E-state index in [0.29, 0.717) is 5.95 Å². The van der Waals surface area contributed by atoms with E-state index in [1.807, 2.05) is 19.2 Å². The van der Waals surface area contributed by atoms with Crippen molar-refractivity contribution in [3.8, 4) is 5.75 Å². The molecule has 154 valence electrons. The Morgan fingerprint density at radius 3 is 1.86 bits per heavy atom. The van der Waals surface area contributed by atoms with Gasteiger partial charge in [-0.25, -0.2) is 5.01 Å². The molecule has 4 rings (SSSR count). The Morgan fingerprint density at radius 1 is 0.828 bits per heavy atom. The van der Waals surface area contributed by atoms with Crippen molar-refractivity contribution >= 4 is 24.1 Å². The SMILES string of the molecule is CN(/N=C\c1ccc(O)cc1)c1nc(N2CCCCC2)nc(N2CCCCC2)n1. The molecule has 2 aliphatic rings. The number of rotatable bonds is 5. The number of hydrogen-bond donors (Lipinski definition) is 1. The predicted molar refractivity (Wildman–Crippen MR) is 116 cm³/mol. The third-order valence-electron chi connectivity index (χ3n) is 5.44. The Balaban J connectivity index is 1.60. The molecule has 0 aliphatic carbocycles. The standard InChI is InChI=1S/C21H29N7O/c1-26(22-16-17-8-10-18(29)11-9-17)19-23-20(27-12-4-2-5-13-27)25-21(24-19)28-14-6-3-7-15-28/h8-11,16,29H,2-7,12-15H2,1H3/b22-16-. The van der Waals surface area contributed by atoms with Crippen LogP contribution < -0.4 is 14.8 Å². The minimum atomic E-state index is 0.241. The van der Waals surface area contributed by atoms with Gasteiger partial charge in [0, 0.05) is 33.2 Å². The maximum absolute atomic E-state index is 9.43. The highest BCUT2D eigenvalue weighted by atomic mass is 16.3. The van der Waals surface area contributed by atoms with Crippen molar-refractivity contribution in [3.63, 3.8) is 0 Å². The van der Waals surface area contributed by atoms with E-state index in [-0.39, 0.29) is 5.75 Å². The van der Waals surface area contributed by atoms with E-state index in [2.05, 4.69) is 14.9 Å². The molecule has 2 saturated heterocycles.